The van der Waals surface area contributed by atoms with Crippen molar-refractivity contribution in [3.8, 4) is 23.0 Å². The molecular formula is C27H31N3O4. The van der Waals surface area contributed by atoms with Crippen LogP contribution >= 0.6 is 0 Å². The summed E-state index contributed by atoms with van der Waals surface area (Å²) in [4.78, 5) is 16.2. The highest BCUT2D eigenvalue weighted by atomic mass is 16.7. The topological polar surface area (TPSA) is 86.5 Å². The maximum atomic E-state index is 11.6. The van der Waals surface area contributed by atoms with Crippen LogP contribution in [-0.2, 0) is 21.8 Å². The summed E-state index contributed by atoms with van der Waals surface area (Å²) in [6.45, 7) is 4.55. The molecule has 0 atom stereocenters. The molecule has 7 nitrogen and oxygen atoms in total. The molecule has 0 spiro atoms. The average Bonchev–Trinajstić information content (AvgIpc) is 3.27. The summed E-state index contributed by atoms with van der Waals surface area (Å²) in [5.41, 5.74) is 2.78. The van der Waals surface area contributed by atoms with Gasteiger partial charge in [0.1, 0.15) is 0 Å². The molecule has 0 bridgehead atoms. The summed E-state index contributed by atoms with van der Waals surface area (Å²) >= 11 is 0. The lowest BCUT2D eigenvalue weighted by Crippen LogP contribution is -2.32. The molecule has 178 valence electrons. The van der Waals surface area contributed by atoms with Crippen LogP contribution in [0.1, 0.15) is 67.1 Å². The molecule has 0 fully saturated rings. The molecule has 0 radical (unpaired) electrons. The van der Waals surface area contributed by atoms with Crippen molar-refractivity contribution < 1.29 is 19.4 Å². The van der Waals surface area contributed by atoms with Crippen LogP contribution in [0.25, 0.3) is 11.1 Å². The Morgan fingerprint density at radius 2 is 1.79 bits per heavy atom. The van der Waals surface area contributed by atoms with Crippen LogP contribution in [0.5, 0.6) is 0 Å². The predicted molar refractivity (Wildman–Crippen MR) is 130 cm³/mol. The lowest BCUT2D eigenvalue weighted by Gasteiger charge is -2.27. The zero-order valence-corrected chi connectivity index (χ0v) is 20.2. The number of methoxy groups -OCH3 is 2. The number of hydrogen-bond acceptors (Lipinski definition) is 5. The SMILES string of the molecule is CCC#Cc1nc(C(CCCC)(OC)OC)nn1Cc1ccc(-c2ccccc2C(=O)O)cc1. The fourth-order valence-corrected chi connectivity index (χ4v) is 3.75. The Balaban J connectivity index is 1.94. The zero-order chi connectivity index (χ0) is 24.6. The number of aromatic carboxylic acids is 1. The fraction of sp³-hybridized carbons (Fsp3) is 0.370. The van der Waals surface area contributed by atoms with Crippen LogP contribution in [0.3, 0.4) is 0 Å². The molecule has 1 N–H and O–H groups in total. The molecule has 2 aromatic carbocycles. The number of carboxylic acids is 1. The van der Waals surface area contributed by atoms with Gasteiger partial charge in [0.25, 0.3) is 0 Å². The molecule has 34 heavy (non-hydrogen) atoms. The maximum absolute atomic E-state index is 11.6. The molecule has 0 aliphatic carbocycles. The zero-order valence-electron chi connectivity index (χ0n) is 20.2. The van der Waals surface area contributed by atoms with Gasteiger partial charge in [0.15, 0.2) is 0 Å². The largest absolute Gasteiger partial charge is 0.478 e. The van der Waals surface area contributed by atoms with E-state index in [-0.39, 0.29) is 5.56 Å². The Labute approximate surface area is 200 Å². The molecule has 3 aromatic rings. The highest BCUT2D eigenvalue weighted by Gasteiger charge is 2.37. The van der Waals surface area contributed by atoms with Gasteiger partial charge >= 0.3 is 5.97 Å². The summed E-state index contributed by atoms with van der Waals surface area (Å²) in [5, 5.41) is 14.2. The first kappa shape index (κ1) is 25.2. The van der Waals surface area contributed by atoms with Crippen molar-refractivity contribution in [1.82, 2.24) is 14.8 Å². The van der Waals surface area contributed by atoms with E-state index in [9.17, 15) is 9.90 Å². The van der Waals surface area contributed by atoms with E-state index in [0.29, 0.717) is 36.6 Å². The first-order chi connectivity index (χ1) is 16.5. The Bertz CT molecular complexity index is 1170. The quantitative estimate of drug-likeness (QED) is 0.334. The molecule has 0 unspecified atom stereocenters. The van der Waals surface area contributed by atoms with E-state index in [1.54, 1.807) is 31.0 Å². The summed E-state index contributed by atoms with van der Waals surface area (Å²) in [5.74, 6) is 5.21. The second kappa shape index (κ2) is 11.6. The lowest BCUT2D eigenvalue weighted by atomic mass is 9.99. The minimum atomic E-state index is -1.02. The van der Waals surface area contributed by atoms with Crippen molar-refractivity contribution in [2.45, 2.75) is 51.9 Å². The van der Waals surface area contributed by atoms with Crippen LogP contribution in [0.2, 0.25) is 0 Å². The molecule has 0 amide bonds. The second-order valence-electron chi connectivity index (χ2n) is 7.88. The van der Waals surface area contributed by atoms with Gasteiger partial charge in [0.05, 0.1) is 12.1 Å². The Kier molecular flexibility index (Phi) is 8.58. The Hall–Kier alpha value is -3.47. The van der Waals surface area contributed by atoms with Gasteiger partial charge in [-0.1, -0.05) is 68.7 Å². The highest BCUT2D eigenvalue weighted by molar-refractivity contribution is 5.95. The number of rotatable bonds is 10. The van der Waals surface area contributed by atoms with Gasteiger partial charge in [-0.3, -0.25) is 0 Å². The number of unbranched alkanes of at least 4 members (excludes halogenated alkanes) is 1. The number of benzene rings is 2. The molecule has 0 saturated heterocycles. The standard InChI is InChI=1S/C27H31N3O4/c1-5-7-13-24-28-26(27(33-3,34-4)18-8-6-2)29-30(24)19-20-14-16-21(17-15-20)22-11-9-10-12-23(22)25(31)32/h9-12,14-17H,5-6,8,18-19H2,1-4H3,(H,31,32). The molecule has 0 aliphatic heterocycles. The number of carboxylic acid groups (broad SMARTS) is 1. The van der Waals surface area contributed by atoms with Gasteiger partial charge in [-0.2, -0.15) is 4.98 Å². The van der Waals surface area contributed by atoms with Crippen LogP contribution < -0.4 is 0 Å². The number of nitrogens with zero attached hydrogens (tertiary/aromatic N) is 3. The fourth-order valence-electron chi connectivity index (χ4n) is 3.75. The number of hydrogen-bond donors (Lipinski definition) is 1. The van der Waals surface area contributed by atoms with Crippen molar-refractivity contribution in [3.05, 3.63) is 71.3 Å². The molecular weight excluding hydrogens is 430 g/mol. The monoisotopic (exact) mass is 461 g/mol. The van der Waals surface area contributed by atoms with Crippen molar-refractivity contribution in [3.63, 3.8) is 0 Å². The van der Waals surface area contributed by atoms with E-state index in [2.05, 4.69) is 23.7 Å². The number of aromatic nitrogens is 3. The predicted octanol–water partition coefficient (Wildman–Crippen LogP) is 5.09. The normalized spacial score (nSPS) is 11.2. The van der Waals surface area contributed by atoms with E-state index >= 15 is 0 Å². The average molecular weight is 462 g/mol. The first-order valence-corrected chi connectivity index (χ1v) is 11.4. The van der Waals surface area contributed by atoms with Crippen LogP contribution in [-0.4, -0.2) is 40.1 Å². The van der Waals surface area contributed by atoms with Crippen molar-refractivity contribution in [2.24, 2.45) is 0 Å². The van der Waals surface area contributed by atoms with Gasteiger partial charge in [-0.25, -0.2) is 9.48 Å². The van der Waals surface area contributed by atoms with Crippen molar-refractivity contribution >= 4 is 5.97 Å². The van der Waals surface area contributed by atoms with E-state index < -0.39 is 11.8 Å². The Morgan fingerprint density at radius 3 is 2.41 bits per heavy atom. The van der Waals surface area contributed by atoms with Crippen LogP contribution in [0.15, 0.2) is 48.5 Å². The minimum absolute atomic E-state index is 0.274. The third kappa shape index (κ3) is 5.53. The molecule has 0 aliphatic rings. The molecule has 1 aromatic heterocycles. The third-order valence-corrected chi connectivity index (χ3v) is 5.66. The van der Waals surface area contributed by atoms with Crippen molar-refractivity contribution in [1.29, 1.82) is 0 Å². The number of carbonyl (C=O) groups is 1. The first-order valence-electron chi connectivity index (χ1n) is 11.4. The molecule has 3 rings (SSSR count). The van der Waals surface area contributed by atoms with E-state index in [1.165, 1.54) is 0 Å². The summed E-state index contributed by atoms with van der Waals surface area (Å²) < 4.78 is 13.2. The maximum Gasteiger partial charge on any atom is 0.336 e. The summed E-state index contributed by atoms with van der Waals surface area (Å²) in [6, 6.07) is 14.7. The van der Waals surface area contributed by atoms with Crippen LogP contribution in [0.4, 0.5) is 0 Å². The van der Waals surface area contributed by atoms with Gasteiger partial charge < -0.3 is 14.6 Å². The second-order valence-corrected chi connectivity index (χ2v) is 7.88. The third-order valence-electron chi connectivity index (χ3n) is 5.66. The van der Waals surface area contributed by atoms with Crippen molar-refractivity contribution in [2.75, 3.05) is 14.2 Å². The minimum Gasteiger partial charge on any atom is -0.478 e. The van der Waals surface area contributed by atoms with Gasteiger partial charge in [0.2, 0.25) is 17.4 Å². The molecule has 0 saturated carbocycles. The lowest BCUT2D eigenvalue weighted by molar-refractivity contribution is -0.226. The van der Waals surface area contributed by atoms with Gasteiger partial charge in [-0.05, 0) is 35.1 Å². The summed E-state index contributed by atoms with van der Waals surface area (Å²) in [6.07, 6.45) is 3.24. The van der Waals surface area contributed by atoms with Gasteiger partial charge in [-0.15, -0.1) is 5.10 Å². The van der Waals surface area contributed by atoms with E-state index in [1.807, 2.05) is 43.3 Å². The van der Waals surface area contributed by atoms with E-state index in [4.69, 9.17) is 14.6 Å². The van der Waals surface area contributed by atoms with Crippen LogP contribution in [0, 0.1) is 11.8 Å². The smallest absolute Gasteiger partial charge is 0.336 e. The highest BCUT2D eigenvalue weighted by Crippen LogP contribution is 2.30. The van der Waals surface area contributed by atoms with Gasteiger partial charge in [0, 0.05) is 27.1 Å². The molecule has 7 heteroatoms. The van der Waals surface area contributed by atoms with E-state index in [0.717, 1.165) is 24.0 Å². The Morgan fingerprint density at radius 1 is 1.09 bits per heavy atom. The molecule has 1 heterocycles. The number of ether oxygens (including phenoxy) is 2. The summed E-state index contributed by atoms with van der Waals surface area (Å²) in [7, 11) is 3.20.